The van der Waals surface area contributed by atoms with Crippen LogP contribution >= 0.6 is 0 Å². The van der Waals surface area contributed by atoms with E-state index in [4.69, 9.17) is 0 Å². The third-order valence-electron chi connectivity index (χ3n) is 5.25. The van der Waals surface area contributed by atoms with Gasteiger partial charge in [0.05, 0.1) is 18.2 Å². The first kappa shape index (κ1) is 17.9. The lowest BCUT2D eigenvalue weighted by Gasteiger charge is -2.26. The maximum Gasteiger partial charge on any atom is 0.227 e. The van der Waals surface area contributed by atoms with E-state index < -0.39 is 0 Å². The van der Waals surface area contributed by atoms with Crippen LogP contribution in [0.1, 0.15) is 24.1 Å². The van der Waals surface area contributed by atoms with Crippen molar-refractivity contribution in [1.82, 2.24) is 19.7 Å². The average Bonchev–Trinajstić information content (AvgIpc) is 3.28. The molecule has 0 aliphatic heterocycles. The second kappa shape index (κ2) is 7.64. The maximum absolute atomic E-state index is 12.9. The number of rotatable bonds is 5. The van der Waals surface area contributed by atoms with Crippen LogP contribution in [0.4, 0.5) is 0 Å². The second-order valence-electron chi connectivity index (χ2n) is 6.93. The molecule has 0 aliphatic rings. The van der Waals surface area contributed by atoms with Crippen molar-refractivity contribution in [2.75, 3.05) is 7.05 Å². The minimum absolute atomic E-state index is 0.0210. The van der Waals surface area contributed by atoms with Crippen molar-refractivity contribution >= 4 is 16.7 Å². The number of aromatic nitrogens is 3. The standard InChI is InChI=1S/C23H22N4O/c1-17(18-10-12-21(13-11-18)27-16-24-15-25-27)26(2)23(28)14-20-8-5-7-19-6-3-4-9-22(19)20/h3-13,15-17H,14H2,1-2H3/t17-/m0/s1. The van der Waals surface area contributed by atoms with Gasteiger partial charge in [-0.15, -0.1) is 0 Å². The van der Waals surface area contributed by atoms with Crippen molar-refractivity contribution in [2.24, 2.45) is 0 Å². The summed E-state index contributed by atoms with van der Waals surface area (Å²) in [5, 5.41) is 6.43. The Morgan fingerprint density at radius 1 is 1.04 bits per heavy atom. The number of hydrogen-bond acceptors (Lipinski definition) is 3. The summed E-state index contributed by atoms with van der Waals surface area (Å²) in [6.07, 6.45) is 3.56. The second-order valence-corrected chi connectivity index (χ2v) is 6.93. The number of benzene rings is 3. The van der Waals surface area contributed by atoms with Gasteiger partial charge in [-0.05, 0) is 41.0 Å². The Morgan fingerprint density at radius 2 is 1.79 bits per heavy atom. The molecule has 5 nitrogen and oxygen atoms in total. The van der Waals surface area contributed by atoms with E-state index in [1.54, 1.807) is 11.0 Å². The average molecular weight is 370 g/mol. The fourth-order valence-electron chi connectivity index (χ4n) is 3.42. The molecule has 0 unspecified atom stereocenters. The highest BCUT2D eigenvalue weighted by molar-refractivity contribution is 5.90. The van der Waals surface area contributed by atoms with E-state index >= 15 is 0 Å². The number of fused-ring (bicyclic) bond motifs is 1. The summed E-state index contributed by atoms with van der Waals surface area (Å²) in [5.74, 6) is 0.101. The maximum atomic E-state index is 12.9. The molecule has 0 saturated heterocycles. The van der Waals surface area contributed by atoms with Gasteiger partial charge < -0.3 is 4.90 Å². The molecule has 0 bridgehead atoms. The van der Waals surface area contributed by atoms with Crippen molar-refractivity contribution in [2.45, 2.75) is 19.4 Å². The zero-order valence-electron chi connectivity index (χ0n) is 16.0. The fraction of sp³-hybridized carbons (Fsp3) is 0.174. The van der Waals surface area contributed by atoms with Gasteiger partial charge in [-0.25, -0.2) is 9.67 Å². The first-order valence-corrected chi connectivity index (χ1v) is 9.31. The Balaban J connectivity index is 1.50. The van der Waals surface area contributed by atoms with Crippen LogP contribution in [-0.4, -0.2) is 32.6 Å². The van der Waals surface area contributed by atoms with Crippen LogP contribution in [0.25, 0.3) is 16.5 Å². The monoisotopic (exact) mass is 370 g/mol. The molecule has 4 aromatic rings. The number of carbonyl (C=O) groups excluding carboxylic acids is 1. The highest BCUT2D eigenvalue weighted by Crippen LogP contribution is 2.23. The summed E-state index contributed by atoms with van der Waals surface area (Å²) in [7, 11) is 1.86. The van der Waals surface area contributed by atoms with Gasteiger partial charge in [-0.2, -0.15) is 5.10 Å². The molecule has 0 aliphatic carbocycles. The van der Waals surface area contributed by atoms with Crippen LogP contribution in [-0.2, 0) is 11.2 Å². The van der Waals surface area contributed by atoms with Crippen LogP contribution in [0.15, 0.2) is 79.4 Å². The molecule has 140 valence electrons. The molecule has 28 heavy (non-hydrogen) atoms. The molecule has 0 fully saturated rings. The number of likely N-dealkylation sites (N-methyl/N-ethyl adjacent to an activating group) is 1. The Hall–Kier alpha value is -3.47. The Kier molecular flexibility index (Phi) is 4.89. The summed E-state index contributed by atoms with van der Waals surface area (Å²) in [5.41, 5.74) is 3.08. The SMILES string of the molecule is C[C@@H](c1ccc(-n2cncn2)cc1)N(C)C(=O)Cc1cccc2ccccc12. The molecule has 3 aromatic carbocycles. The molecule has 5 heteroatoms. The highest BCUT2D eigenvalue weighted by Gasteiger charge is 2.18. The van der Waals surface area contributed by atoms with Gasteiger partial charge in [0.15, 0.2) is 0 Å². The Morgan fingerprint density at radius 3 is 2.54 bits per heavy atom. The lowest BCUT2D eigenvalue weighted by molar-refractivity contribution is -0.131. The van der Waals surface area contributed by atoms with E-state index in [1.165, 1.54) is 6.33 Å². The molecule has 1 aromatic heterocycles. The van der Waals surface area contributed by atoms with E-state index in [9.17, 15) is 4.79 Å². The van der Waals surface area contributed by atoms with Crippen molar-refractivity contribution in [1.29, 1.82) is 0 Å². The van der Waals surface area contributed by atoms with Crippen LogP contribution < -0.4 is 0 Å². The van der Waals surface area contributed by atoms with E-state index in [-0.39, 0.29) is 11.9 Å². The smallest absolute Gasteiger partial charge is 0.227 e. The van der Waals surface area contributed by atoms with Gasteiger partial charge in [-0.1, -0.05) is 54.6 Å². The molecule has 0 spiro atoms. The van der Waals surface area contributed by atoms with E-state index in [0.717, 1.165) is 27.6 Å². The fourth-order valence-corrected chi connectivity index (χ4v) is 3.42. The molecule has 1 atom stereocenters. The highest BCUT2D eigenvalue weighted by atomic mass is 16.2. The van der Waals surface area contributed by atoms with Crippen LogP contribution in [0, 0.1) is 0 Å². The van der Waals surface area contributed by atoms with Crippen molar-refractivity contribution in [3.63, 3.8) is 0 Å². The molecule has 1 amide bonds. The van der Waals surface area contributed by atoms with Gasteiger partial charge in [0.25, 0.3) is 0 Å². The van der Waals surface area contributed by atoms with Gasteiger partial charge in [0, 0.05) is 7.05 Å². The predicted octanol–water partition coefficient (Wildman–Crippen LogP) is 4.18. The number of carbonyl (C=O) groups is 1. The summed E-state index contributed by atoms with van der Waals surface area (Å²) < 4.78 is 1.71. The minimum Gasteiger partial charge on any atom is -0.339 e. The van der Waals surface area contributed by atoms with Crippen molar-refractivity contribution in [3.8, 4) is 5.69 Å². The summed E-state index contributed by atoms with van der Waals surface area (Å²) in [6.45, 7) is 2.05. The summed E-state index contributed by atoms with van der Waals surface area (Å²) in [6, 6.07) is 22.3. The predicted molar refractivity (Wildman–Crippen MR) is 110 cm³/mol. The topological polar surface area (TPSA) is 51.0 Å². The first-order chi connectivity index (χ1) is 13.6. The number of amides is 1. The molecular weight excluding hydrogens is 348 g/mol. The summed E-state index contributed by atoms with van der Waals surface area (Å²) in [4.78, 5) is 18.7. The molecule has 0 radical (unpaired) electrons. The number of nitrogens with zero attached hydrogens (tertiary/aromatic N) is 4. The van der Waals surface area contributed by atoms with Gasteiger partial charge >= 0.3 is 0 Å². The zero-order valence-corrected chi connectivity index (χ0v) is 16.0. The summed E-state index contributed by atoms with van der Waals surface area (Å²) >= 11 is 0. The van der Waals surface area contributed by atoms with E-state index in [0.29, 0.717) is 6.42 Å². The van der Waals surface area contributed by atoms with Crippen LogP contribution in [0.5, 0.6) is 0 Å². The quantitative estimate of drug-likeness (QED) is 0.529. The normalized spacial score (nSPS) is 12.1. The first-order valence-electron chi connectivity index (χ1n) is 9.31. The van der Waals surface area contributed by atoms with E-state index in [1.807, 2.05) is 67.4 Å². The number of hydrogen-bond donors (Lipinski definition) is 0. The van der Waals surface area contributed by atoms with Crippen LogP contribution in [0.3, 0.4) is 0 Å². The van der Waals surface area contributed by atoms with Crippen molar-refractivity contribution < 1.29 is 4.79 Å². The molecule has 4 rings (SSSR count). The third-order valence-corrected chi connectivity index (χ3v) is 5.25. The molecule has 0 N–H and O–H groups in total. The Labute approximate surface area is 164 Å². The largest absolute Gasteiger partial charge is 0.339 e. The van der Waals surface area contributed by atoms with Gasteiger partial charge in [0.2, 0.25) is 5.91 Å². The lowest BCUT2D eigenvalue weighted by Crippen LogP contribution is -2.31. The van der Waals surface area contributed by atoms with Gasteiger partial charge in [0.1, 0.15) is 12.7 Å². The van der Waals surface area contributed by atoms with Gasteiger partial charge in [-0.3, -0.25) is 4.79 Å². The Bertz CT molecular complexity index is 1080. The lowest BCUT2D eigenvalue weighted by atomic mass is 10.0. The minimum atomic E-state index is -0.0210. The van der Waals surface area contributed by atoms with E-state index in [2.05, 4.69) is 28.3 Å². The molecule has 0 saturated carbocycles. The molecular formula is C23H22N4O. The molecule has 1 heterocycles. The third kappa shape index (κ3) is 3.51. The van der Waals surface area contributed by atoms with Crippen molar-refractivity contribution in [3.05, 3.63) is 90.5 Å². The zero-order chi connectivity index (χ0) is 19.5. The van der Waals surface area contributed by atoms with Crippen LogP contribution in [0.2, 0.25) is 0 Å².